The number of morpholine rings is 1. The lowest BCUT2D eigenvalue weighted by atomic mass is 9.93. The van der Waals surface area contributed by atoms with Gasteiger partial charge in [0.05, 0.1) is 30.6 Å². The van der Waals surface area contributed by atoms with Gasteiger partial charge in [0.2, 0.25) is 0 Å². The summed E-state index contributed by atoms with van der Waals surface area (Å²) < 4.78 is 18.8. The summed E-state index contributed by atoms with van der Waals surface area (Å²) in [4.78, 5) is 25.9. The van der Waals surface area contributed by atoms with Crippen molar-refractivity contribution in [1.29, 1.82) is 0 Å². The monoisotopic (exact) mass is 561 g/mol. The van der Waals surface area contributed by atoms with Gasteiger partial charge in [-0.05, 0) is 12.1 Å². The second-order valence-corrected chi connectivity index (χ2v) is 11.6. The zero-order chi connectivity index (χ0) is 27.7. The number of pyridine rings is 1. The molecule has 0 aliphatic carbocycles. The fourth-order valence-corrected chi connectivity index (χ4v) is 5.33. The van der Waals surface area contributed by atoms with E-state index in [0.29, 0.717) is 23.9 Å². The number of benzene rings is 1. The highest BCUT2D eigenvalue weighted by atomic mass is 32.1. The summed E-state index contributed by atoms with van der Waals surface area (Å²) in [5, 5.41) is 9.44. The maximum atomic E-state index is 12.4. The quantitative estimate of drug-likeness (QED) is 0.277. The van der Waals surface area contributed by atoms with Crippen molar-refractivity contribution >= 4 is 44.2 Å². The van der Waals surface area contributed by atoms with Crippen LogP contribution in [0.4, 0.5) is 16.3 Å². The lowest BCUT2D eigenvalue weighted by Gasteiger charge is -2.26. The van der Waals surface area contributed by atoms with Gasteiger partial charge in [-0.3, -0.25) is 14.6 Å². The largest absolute Gasteiger partial charge is 0.491 e. The van der Waals surface area contributed by atoms with Crippen LogP contribution in [-0.2, 0) is 10.2 Å². The molecule has 0 saturated carbocycles. The van der Waals surface area contributed by atoms with Crippen LogP contribution in [0.5, 0.6) is 5.75 Å². The Morgan fingerprint density at radius 3 is 2.67 bits per heavy atom. The summed E-state index contributed by atoms with van der Waals surface area (Å²) in [6.07, 6.45) is 3.77. The average Bonchev–Trinajstić information content (AvgIpc) is 3.65. The first-order valence-electron chi connectivity index (χ1n) is 13.2. The molecule has 5 heterocycles. The normalized spacial score (nSPS) is 14.6. The maximum absolute atomic E-state index is 12.4. The molecule has 2 N–H and O–H groups in total. The Hall–Kier alpha value is -4.00. The molecule has 208 valence electrons. The van der Waals surface area contributed by atoms with E-state index in [1.54, 1.807) is 12.3 Å². The highest BCUT2D eigenvalue weighted by Crippen LogP contribution is 2.31. The minimum absolute atomic E-state index is 0.192. The van der Waals surface area contributed by atoms with Crippen LogP contribution in [0, 0.1) is 0 Å². The molecule has 40 heavy (non-hydrogen) atoms. The van der Waals surface area contributed by atoms with E-state index in [1.165, 1.54) is 11.3 Å². The molecule has 1 fully saturated rings. The number of carbonyl (C=O) groups is 1. The third-order valence-electron chi connectivity index (χ3n) is 6.64. The molecule has 1 aliphatic rings. The minimum atomic E-state index is -0.397. The van der Waals surface area contributed by atoms with E-state index < -0.39 is 6.03 Å². The van der Waals surface area contributed by atoms with Crippen LogP contribution in [-0.4, -0.2) is 69.9 Å². The maximum Gasteiger partial charge on any atom is 0.324 e. The number of ether oxygens (including phenoxy) is 2. The number of thiazole rings is 1. The Morgan fingerprint density at radius 1 is 1.12 bits per heavy atom. The molecule has 11 nitrogen and oxygen atoms in total. The summed E-state index contributed by atoms with van der Waals surface area (Å²) in [6, 6.07) is 10.9. The Balaban J connectivity index is 1.10. The number of aromatic nitrogens is 4. The third kappa shape index (κ3) is 5.79. The lowest BCUT2D eigenvalue weighted by Crippen LogP contribution is -2.38. The van der Waals surface area contributed by atoms with E-state index in [9.17, 15) is 4.79 Å². The number of nitrogens with zero attached hydrogens (tertiary/aromatic N) is 5. The molecule has 1 aliphatic heterocycles. The zero-order valence-corrected chi connectivity index (χ0v) is 23.5. The molecule has 0 radical (unpaired) electrons. The van der Waals surface area contributed by atoms with Gasteiger partial charge in [-0.25, -0.2) is 14.8 Å². The average molecular weight is 562 g/mol. The second-order valence-electron chi connectivity index (χ2n) is 10.7. The number of amides is 2. The number of carbonyl (C=O) groups excluding carboxylic acids is 1. The smallest absolute Gasteiger partial charge is 0.324 e. The number of urea groups is 1. The zero-order valence-electron chi connectivity index (χ0n) is 22.6. The predicted octanol–water partition coefficient (Wildman–Crippen LogP) is 5.25. The summed E-state index contributed by atoms with van der Waals surface area (Å²) in [6.45, 7) is 10.9. The van der Waals surface area contributed by atoms with Gasteiger partial charge in [-0.1, -0.05) is 49.4 Å². The fraction of sp³-hybridized carbons (Fsp3) is 0.357. The van der Waals surface area contributed by atoms with Crippen LogP contribution >= 0.6 is 11.3 Å². The van der Waals surface area contributed by atoms with Gasteiger partial charge in [-0.2, -0.15) is 0 Å². The number of anilines is 2. The van der Waals surface area contributed by atoms with Crippen molar-refractivity contribution in [3.05, 3.63) is 54.6 Å². The molecule has 2 amide bonds. The van der Waals surface area contributed by atoms with Crippen LogP contribution in [0.3, 0.4) is 0 Å². The first-order valence-corrected chi connectivity index (χ1v) is 14.0. The summed E-state index contributed by atoms with van der Waals surface area (Å²) in [7, 11) is 0. The van der Waals surface area contributed by atoms with Crippen LogP contribution in [0.1, 0.15) is 26.5 Å². The highest BCUT2D eigenvalue weighted by molar-refractivity contribution is 7.23. The highest BCUT2D eigenvalue weighted by Gasteiger charge is 2.20. The predicted molar refractivity (Wildman–Crippen MR) is 154 cm³/mol. The van der Waals surface area contributed by atoms with Crippen molar-refractivity contribution in [2.45, 2.75) is 26.2 Å². The van der Waals surface area contributed by atoms with Crippen LogP contribution in [0.25, 0.3) is 26.6 Å². The Labute approximate surface area is 235 Å². The molecule has 1 aromatic carbocycles. The van der Waals surface area contributed by atoms with Crippen molar-refractivity contribution < 1.29 is 18.8 Å². The Morgan fingerprint density at radius 2 is 1.93 bits per heavy atom. The number of fused-ring (bicyclic) bond motifs is 3. The van der Waals surface area contributed by atoms with Gasteiger partial charge in [0.1, 0.15) is 22.9 Å². The third-order valence-corrected chi connectivity index (χ3v) is 7.62. The van der Waals surface area contributed by atoms with Crippen LogP contribution < -0.4 is 15.4 Å². The summed E-state index contributed by atoms with van der Waals surface area (Å²) in [5.74, 6) is 1.80. The Kier molecular flexibility index (Phi) is 7.13. The van der Waals surface area contributed by atoms with Crippen LogP contribution in [0.2, 0.25) is 0 Å². The van der Waals surface area contributed by atoms with Crippen LogP contribution in [0.15, 0.2) is 53.3 Å². The van der Waals surface area contributed by atoms with Gasteiger partial charge in [0.15, 0.2) is 10.8 Å². The molecule has 0 bridgehead atoms. The Bertz CT molecular complexity index is 1630. The fourth-order valence-electron chi connectivity index (χ4n) is 4.39. The number of rotatable bonds is 7. The number of imidazole rings is 1. The molecule has 6 rings (SSSR count). The summed E-state index contributed by atoms with van der Waals surface area (Å²) in [5.41, 5.74) is 3.19. The van der Waals surface area contributed by atoms with Crippen molar-refractivity contribution in [2.75, 3.05) is 50.1 Å². The molecule has 5 aromatic rings. The summed E-state index contributed by atoms with van der Waals surface area (Å²) >= 11 is 1.53. The van der Waals surface area contributed by atoms with E-state index in [4.69, 9.17) is 19.0 Å². The molecule has 1 saturated heterocycles. The number of hydrogen-bond acceptors (Lipinski definition) is 9. The molecule has 0 atom stereocenters. The van der Waals surface area contributed by atoms with Crippen molar-refractivity contribution in [2.24, 2.45) is 0 Å². The standard InChI is InChI=1S/C28H31N7O4S/c1-28(2,3)23-15-24(33-39-23)32-26(36)30-19-6-4-18(5-7-19)21-17-35-22-14-20(16-29-25(22)40-27(35)31-21)38-13-10-34-8-11-37-12-9-34/h4-7,14-17H,8-13H2,1-3H3,(H2,30,32,33,36). The second kappa shape index (κ2) is 10.9. The molecule has 0 spiro atoms. The molecule has 12 heteroatoms. The first kappa shape index (κ1) is 26.2. The van der Waals surface area contributed by atoms with E-state index in [-0.39, 0.29) is 5.41 Å². The number of nitrogens with one attached hydrogen (secondary N) is 2. The molecule has 4 aromatic heterocycles. The van der Waals surface area contributed by atoms with Gasteiger partial charge in [0, 0.05) is 54.6 Å². The first-order chi connectivity index (χ1) is 19.3. The SMILES string of the molecule is CC(C)(C)c1cc(NC(=O)Nc2ccc(-c3cn4c(n3)sc3ncc(OCCN5CCOCC5)cc34)cc2)no1. The van der Waals surface area contributed by atoms with Gasteiger partial charge in [-0.15, -0.1) is 0 Å². The molecular weight excluding hydrogens is 530 g/mol. The lowest BCUT2D eigenvalue weighted by molar-refractivity contribution is 0.0322. The minimum Gasteiger partial charge on any atom is -0.491 e. The van der Waals surface area contributed by atoms with Gasteiger partial charge in [0.25, 0.3) is 0 Å². The van der Waals surface area contributed by atoms with E-state index in [0.717, 1.165) is 65.2 Å². The number of hydrogen-bond donors (Lipinski definition) is 2. The van der Waals surface area contributed by atoms with Gasteiger partial charge >= 0.3 is 6.03 Å². The molecule has 0 unspecified atom stereocenters. The van der Waals surface area contributed by atoms with Crippen molar-refractivity contribution in [3.8, 4) is 17.0 Å². The van der Waals surface area contributed by atoms with E-state index in [1.807, 2.05) is 61.7 Å². The van der Waals surface area contributed by atoms with E-state index in [2.05, 4.69) is 25.7 Å². The van der Waals surface area contributed by atoms with Crippen molar-refractivity contribution in [3.63, 3.8) is 0 Å². The van der Waals surface area contributed by atoms with Crippen molar-refractivity contribution in [1.82, 2.24) is 24.4 Å². The van der Waals surface area contributed by atoms with E-state index >= 15 is 0 Å². The topological polar surface area (TPSA) is 119 Å². The van der Waals surface area contributed by atoms with Gasteiger partial charge < -0.3 is 19.3 Å². The molecular formula is C28H31N7O4S.